The Bertz CT molecular complexity index is 301. The number of rotatable bonds is 2. The molecule has 82 valence electrons. The minimum absolute atomic E-state index is 0.890. The molecule has 1 heterocycles. The lowest BCUT2D eigenvalue weighted by atomic mass is 10.2. The molecule has 1 saturated heterocycles. The van der Waals surface area contributed by atoms with Crippen LogP contribution in [0.15, 0.2) is 24.3 Å². The van der Waals surface area contributed by atoms with E-state index in [1.807, 2.05) is 6.07 Å². The number of anilines is 1. The van der Waals surface area contributed by atoms with E-state index >= 15 is 0 Å². The second-order valence-corrected chi connectivity index (χ2v) is 4.59. The van der Waals surface area contributed by atoms with Crippen LogP contribution in [0.3, 0.4) is 0 Å². The first-order chi connectivity index (χ1) is 7.34. The van der Waals surface area contributed by atoms with Crippen LogP contribution in [0.1, 0.15) is 31.2 Å². The van der Waals surface area contributed by atoms with Crippen LogP contribution in [0.2, 0.25) is 0 Å². The van der Waals surface area contributed by atoms with E-state index < -0.39 is 0 Å². The summed E-state index contributed by atoms with van der Waals surface area (Å²) < 4.78 is 0. The predicted octanol–water partition coefficient (Wildman–Crippen LogP) is 1.23. The highest BCUT2D eigenvalue weighted by molar-refractivity contribution is 5.40. The maximum absolute atomic E-state index is 5.79. The maximum Gasteiger partial charge on any atom is 0.103 e. The molecule has 0 atom stereocenters. The zero-order valence-electron chi connectivity index (χ0n) is 9.34. The molecule has 2 heteroatoms. The fourth-order valence-electron chi connectivity index (χ4n) is 2.40. The Balaban J connectivity index is 1.95. The predicted molar refractivity (Wildman–Crippen MR) is 63.7 cm³/mol. The highest BCUT2D eigenvalue weighted by Gasteiger charge is 2.12. The summed E-state index contributed by atoms with van der Waals surface area (Å²) in [5.74, 6) is 0. The Labute approximate surface area is 92.1 Å². The highest BCUT2D eigenvalue weighted by atomic mass is 15.1. The number of hydrogen-bond acceptors (Lipinski definition) is 1. The molecule has 2 nitrogen and oxygen atoms in total. The third-order valence-corrected chi connectivity index (χ3v) is 3.22. The molecule has 3 N–H and O–H groups in total. The van der Waals surface area contributed by atoms with Gasteiger partial charge in [-0.05, 0) is 37.8 Å². The minimum atomic E-state index is 0.890. The summed E-state index contributed by atoms with van der Waals surface area (Å²) in [5.41, 5.74) is 8.06. The molecular weight excluding hydrogens is 184 g/mol. The molecule has 1 aliphatic rings. The standard InChI is InChI=1S/C13H20N2/c14-13-7-5-6-12(10-13)11-15-8-3-1-2-4-9-15/h5-7,10H,1-4,8-9,11,14H2/p+1. The van der Waals surface area contributed by atoms with Crippen molar-refractivity contribution in [1.82, 2.24) is 0 Å². The Morgan fingerprint density at radius 3 is 2.47 bits per heavy atom. The second-order valence-electron chi connectivity index (χ2n) is 4.59. The van der Waals surface area contributed by atoms with Gasteiger partial charge >= 0.3 is 0 Å². The molecule has 0 aromatic heterocycles. The Morgan fingerprint density at radius 1 is 1.07 bits per heavy atom. The highest BCUT2D eigenvalue weighted by Crippen LogP contribution is 2.06. The summed E-state index contributed by atoms with van der Waals surface area (Å²) in [6.45, 7) is 3.80. The van der Waals surface area contributed by atoms with Crippen LogP contribution >= 0.6 is 0 Å². The van der Waals surface area contributed by atoms with Gasteiger partial charge in [0, 0.05) is 11.3 Å². The topological polar surface area (TPSA) is 30.5 Å². The third kappa shape index (κ3) is 3.24. The Kier molecular flexibility index (Phi) is 3.62. The smallest absolute Gasteiger partial charge is 0.103 e. The van der Waals surface area contributed by atoms with E-state index in [0.717, 1.165) is 12.2 Å². The fraction of sp³-hybridized carbons (Fsp3) is 0.538. The van der Waals surface area contributed by atoms with Crippen molar-refractivity contribution >= 4 is 5.69 Å². The third-order valence-electron chi connectivity index (χ3n) is 3.22. The zero-order valence-corrected chi connectivity index (χ0v) is 9.34. The van der Waals surface area contributed by atoms with Crippen molar-refractivity contribution in [2.45, 2.75) is 32.2 Å². The zero-order chi connectivity index (χ0) is 10.5. The Hall–Kier alpha value is -1.02. The van der Waals surface area contributed by atoms with Gasteiger partial charge in [-0.2, -0.15) is 0 Å². The van der Waals surface area contributed by atoms with Crippen LogP contribution in [-0.2, 0) is 6.54 Å². The van der Waals surface area contributed by atoms with Gasteiger partial charge in [0.1, 0.15) is 6.54 Å². The number of nitrogens with two attached hydrogens (primary N) is 1. The van der Waals surface area contributed by atoms with Gasteiger partial charge in [-0.3, -0.25) is 0 Å². The van der Waals surface area contributed by atoms with Crippen molar-refractivity contribution in [3.05, 3.63) is 29.8 Å². The normalized spacial score (nSPS) is 18.7. The number of nitrogens with one attached hydrogen (secondary N) is 1. The summed E-state index contributed by atoms with van der Waals surface area (Å²) in [7, 11) is 0. The summed E-state index contributed by atoms with van der Waals surface area (Å²) in [6, 6.07) is 8.31. The SMILES string of the molecule is Nc1cccc(C[NH+]2CCCCCC2)c1. The number of quaternary nitrogens is 1. The van der Waals surface area contributed by atoms with Crippen LogP contribution in [-0.4, -0.2) is 13.1 Å². The average Bonchev–Trinajstić information content (AvgIpc) is 2.46. The van der Waals surface area contributed by atoms with Crippen LogP contribution in [0, 0.1) is 0 Å². The van der Waals surface area contributed by atoms with E-state index in [9.17, 15) is 0 Å². The average molecular weight is 205 g/mol. The van der Waals surface area contributed by atoms with E-state index in [1.165, 1.54) is 44.3 Å². The summed E-state index contributed by atoms with van der Waals surface area (Å²) in [4.78, 5) is 1.72. The minimum Gasteiger partial charge on any atom is -0.399 e. The molecular formula is C13H21N2+. The quantitative estimate of drug-likeness (QED) is 0.699. The first-order valence-electron chi connectivity index (χ1n) is 6.02. The lowest BCUT2D eigenvalue weighted by molar-refractivity contribution is -0.913. The van der Waals surface area contributed by atoms with Gasteiger partial charge < -0.3 is 10.6 Å². The second kappa shape index (κ2) is 5.17. The van der Waals surface area contributed by atoms with E-state index in [0.29, 0.717) is 0 Å². The van der Waals surface area contributed by atoms with Gasteiger partial charge in [0.25, 0.3) is 0 Å². The molecule has 0 aliphatic carbocycles. The molecule has 0 saturated carbocycles. The van der Waals surface area contributed by atoms with Crippen LogP contribution in [0.4, 0.5) is 5.69 Å². The molecule has 0 amide bonds. The number of hydrogen-bond donors (Lipinski definition) is 2. The van der Waals surface area contributed by atoms with Crippen molar-refractivity contribution in [3.8, 4) is 0 Å². The van der Waals surface area contributed by atoms with Gasteiger partial charge in [0.15, 0.2) is 0 Å². The lowest BCUT2D eigenvalue weighted by Crippen LogP contribution is -3.10. The summed E-state index contributed by atoms with van der Waals surface area (Å²) >= 11 is 0. The van der Waals surface area contributed by atoms with Crippen molar-refractivity contribution in [2.24, 2.45) is 0 Å². The molecule has 0 unspecified atom stereocenters. The first kappa shape index (κ1) is 10.5. The molecule has 1 aromatic carbocycles. The van der Waals surface area contributed by atoms with Crippen molar-refractivity contribution in [2.75, 3.05) is 18.8 Å². The molecule has 2 rings (SSSR count). The van der Waals surface area contributed by atoms with Gasteiger partial charge in [-0.15, -0.1) is 0 Å². The Morgan fingerprint density at radius 2 is 1.80 bits per heavy atom. The summed E-state index contributed by atoms with van der Waals surface area (Å²) in [5, 5.41) is 0. The molecule has 15 heavy (non-hydrogen) atoms. The van der Waals surface area contributed by atoms with E-state index in [2.05, 4.69) is 18.2 Å². The van der Waals surface area contributed by atoms with E-state index in [4.69, 9.17) is 5.73 Å². The van der Waals surface area contributed by atoms with Gasteiger partial charge in [0.2, 0.25) is 0 Å². The molecule has 1 aliphatic heterocycles. The molecule has 0 bridgehead atoms. The van der Waals surface area contributed by atoms with Gasteiger partial charge in [-0.1, -0.05) is 12.1 Å². The molecule has 1 fully saturated rings. The molecule has 0 radical (unpaired) electrons. The van der Waals surface area contributed by atoms with Crippen LogP contribution < -0.4 is 10.6 Å². The lowest BCUT2D eigenvalue weighted by Gasteiger charge is -2.17. The molecule has 0 spiro atoms. The summed E-state index contributed by atoms with van der Waals surface area (Å²) in [6.07, 6.45) is 5.61. The fourth-order valence-corrected chi connectivity index (χ4v) is 2.40. The van der Waals surface area contributed by atoms with Crippen molar-refractivity contribution in [3.63, 3.8) is 0 Å². The van der Waals surface area contributed by atoms with Gasteiger partial charge in [-0.25, -0.2) is 0 Å². The van der Waals surface area contributed by atoms with Crippen LogP contribution in [0.25, 0.3) is 0 Å². The number of benzene rings is 1. The molecule has 1 aromatic rings. The van der Waals surface area contributed by atoms with Crippen LogP contribution in [0.5, 0.6) is 0 Å². The monoisotopic (exact) mass is 205 g/mol. The maximum atomic E-state index is 5.79. The number of likely N-dealkylation sites (tertiary alicyclic amines) is 1. The van der Waals surface area contributed by atoms with Gasteiger partial charge in [0.05, 0.1) is 13.1 Å². The largest absolute Gasteiger partial charge is 0.399 e. The van der Waals surface area contributed by atoms with E-state index in [1.54, 1.807) is 4.90 Å². The van der Waals surface area contributed by atoms with Crippen molar-refractivity contribution < 1.29 is 4.90 Å². The number of nitrogen functional groups attached to an aromatic ring is 1. The first-order valence-corrected chi connectivity index (χ1v) is 6.02. The van der Waals surface area contributed by atoms with Crippen molar-refractivity contribution in [1.29, 1.82) is 0 Å². The van der Waals surface area contributed by atoms with E-state index in [-0.39, 0.29) is 0 Å².